The monoisotopic (exact) mass is 1580 g/mol. The highest BCUT2D eigenvalue weighted by Gasteiger charge is 2.23. The Labute approximate surface area is 660 Å². The van der Waals surface area contributed by atoms with Gasteiger partial charge in [0.25, 0.3) is 15.6 Å². The molecule has 0 heterocycles. The second-order valence-electron chi connectivity index (χ2n) is 30.7. The molecule has 640 valence electrons. The molecule has 21 nitrogen and oxygen atoms in total. The number of carbonyl (C=O) groups excluding carboxylic acids is 5. The topological polar surface area (TPSA) is 288 Å². The highest BCUT2D eigenvalue weighted by Crippen LogP contribution is 2.39. The van der Waals surface area contributed by atoms with Crippen molar-refractivity contribution in [2.24, 2.45) is 0 Å². The third kappa shape index (κ3) is 75.9. The van der Waals surface area contributed by atoms with Crippen LogP contribution in [0.15, 0.2) is 0 Å². The van der Waals surface area contributed by atoms with Gasteiger partial charge in [0.15, 0.2) is 0 Å². The molecule has 0 aromatic carbocycles. The van der Waals surface area contributed by atoms with Gasteiger partial charge in [-0.3, -0.25) is 28.3 Å². The number of hydrogen-bond acceptors (Lipinski definition) is 17. The fraction of sp³-hybridized carbons (Fsp3) is 0.941. The summed E-state index contributed by atoms with van der Waals surface area (Å²) in [6.07, 6.45) is 62.2. The maximum atomic E-state index is 13.3. The molecule has 0 bridgehead atoms. The highest BCUT2D eigenvalue weighted by molar-refractivity contribution is 7.46. The molecule has 0 saturated heterocycles. The highest BCUT2D eigenvalue weighted by atomic mass is 31.2. The van der Waals surface area contributed by atoms with Gasteiger partial charge in [0.2, 0.25) is 11.8 Å². The van der Waals surface area contributed by atoms with Crippen molar-refractivity contribution >= 4 is 45.4 Å². The number of esters is 2. The van der Waals surface area contributed by atoms with E-state index in [1.807, 2.05) is 0 Å². The summed E-state index contributed by atoms with van der Waals surface area (Å²) in [5.74, 6) is -0.908. The predicted molar refractivity (Wildman–Crippen MR) is 437 cm³/mol. The van der Waals surface area contributed by atoms with Crippen molar-refractivity contribution in [3.63, 3.8) is 0 Å². The van der Waals surface area contributed by atoms with Crippen LogP contribution in [0, 0.1) is 0 Å². The third-order valence-corrected chi connectivity index (χ3v) is 21.9. The fourth-order valence-electron chi connectivity index (χ4n) is 13.3. The van der Waals surface area contributed by atoms with Crippen LogP contribution in [-0.2, 0) is 65.4 Å². The van der Waals surface area contributed by atoms with Crippen LogP contribution in [-0.4, -0.2) is 120 Å². The van der Waals surface area contributed by atoms with Crippen molar-refractivity contribution < 1.29 is 79.9 Å². The first-order chi connectivity index (χ1) is 52.5. The summed E-state index contributed by atoms with van der Waals surface area (Å²) in [6.45, 7) is 11.1. The number of hydrogen-bond donors (Lipinski definition) is 4. The average molecular weight is 1580 g/mol. The molecule has 6 atom stereocenters. The summed E-state index contributed by atoms with van der Waals surface area (Å²) in [7, 11) is -9.92. The van der Waals surface area contributed by atoms with Crippen molar-refractivity contribution in [2.45, 2.75) is 451 Å². The summed E-state index contributed by atoms with van der Waals surface area (Å²) in [5, 5.41) is 10.7. The Kier molecular flexibility index (Phi) is 77.5. The lowest BCUT2D eigenvalue weighted by molar-refractivity contribution is -0.227. The van der Waals surface area contributed by atoms with E-state index < -0.39 is 60.2 Å². The molecular formula is C85H166N4O17P2-2. The molecule has 0 rings (SSSR count). The van der Waals surface area contributed by atoms with Crippen LogP contribution >= 0.6 is 15.6 Å². The third-order valence-electron chi connectivity index (χ3n) is 20.0. The van der Waals surface area contributed by atoms with Crippen LogP contribution in [0.2, 0.25) is 0 Å². The summed E-state index contributed by atoms with van der Waals surface area (Å²) >= 11 is 0. The zero-order valence-corrected chi connectivity index (χ0v) is 71.9. The lowest BCUT2D eigenvalue weighted by Crippen LogP contribution is -2.42. The number of phosphoric ester groups is 2. The zero-order valence-electron chi connectivity index (χ0n) is 70.1. The molecule has 4 unspecified atom stereocenters. The smallest absolute Gasteiger partial charge is 0.314 e. The maximum absolute atomic E-state index is 13.3. The first-order valence-corrected chi connectivity index (χ1v) is 47.8. The number of phosphoric acid groups is 2. The van der Waals surface area contributed by atoms with E-state index in [2.05, 4.69) is 62.8 Å². The first-order valence-electron chi connectivity index (χ1n) is 44.9. The van der Waals surface area contributed by atoms with Crippen molar-refractivity contribution in [3.8, 4) is 0 Å². The summed E-state index contributed by atoms with van der Waals surface area (Å²) < 4.78 is 71.0. The summed E-state index contributed by atoms with van der Waals surface area (Å²) in [6, 6.07) is -2.45. The molecule has 0 aromatic rings. The molecule has 0 aliphatic carbocycles. The Balaban J connectivity index is 5.57. The fourth-order valence-corrected chi connectivity index (χ4v) is 14.8. The van der Waals surface area contributed by atoms with Crippen molar-refractivity contribution in [2.75, 3.05) is 65.9 Å². The second kappa shape index (κ2) is 79.5. The number of urea groups is 1. The molecule has 0 aliphatic rings. The van der Waals surface area contributed by atoms with E-state index in [0.29, 0.717) is 51.4 Å². The number of amides is 4. The van der Waals surface area contributed by atoms with Crippen molar-refractivity contribution in [1.82, 2.24) is 21.3 Å². The van der Waals surface area contributed by atoms with Gasteiger partial charge in [-0.15, -0.1) is 0 Å². The second-order valence-corrected chi connectivity index (χ2v) is 33.5. The van der Waals surface area contributed by atoms with Crippen molar-refractivity contribution in [3.05, 3.63) is 0 Å². The number of nitrogens with one attached hydrogen (secondary N) is 4. The Hall–Kier alpha value is -2.71. The van der Waals surface area contributed by atoms with Gasteiger partial charge in [0.05, 0.1) is 64.9 Å². The minimum absolute atomic E-state index is 0.0616. The van der Waals surface area contributed by atoms with Crippen LogP contribution in [0.4, 0.5) is 4.79 Å². The quantitative estimate of drug-likeness (QED) is 0.0250. The normalized spacial score (nSPS) is 13.9. The molecule has 0 radical (unpaired) electrons. The average Bonchev–Trinajstić information content (AvgIpc) is 0.915. The van der Waals surface area contributed by atoms with Crippen LogP contribution in [0.5, 0.6) is 0 Å². The largest absolute Gasteiger partial charge is 0.756 e. The molecule has 108 heavy (non-hydrogen) atoms. The van der Waals surface area contributed by atoms with Crippen LogP contribution in [0.3, 0.4) is 0 Å². The zero-order chi connectivity index (χ0) is 79.2. The predicted octanol–water partition coefficient (Wildman–Crippen LogP) is 21.6. The number of ether oxygens (including phenoxy) is 4. The van der Waals surface area contributed by atoms with Gasteiger partial charge in [-0.1, -0.05) is 337 Å². The van der Waals surface area contributed by atoms with Crippen molar-refractivity contribution in [1.29, 1.82) is 0 Å². The van der Waals surface area contributed by atoms with E-state index in [1.165, 1.54) is 180 Å². The first kappa shape index (κ1) is 105. The Morgan fingerprint density at radius 3 is 0.796 bits per heavy atom. The summed E-state index contributed by atoms with van der Waals surface area (Å²) in [5.41, 5.74) is 0. The molecule has 0 aromatic heterocycles. The van der Waals surface area contributed by atoms with Gasteiger partial charge < -0.3 is 68.1 Å². The van der Waals surface area contributed by atoms with Crippen LogP contribution in [0.25, 0.3) is 0 Å². The molecule has 4 amide bonds. The Bertz CT molecular complexity index is 2140. The van der Waals surface area contributed by atoms with Crippen LogP contribution < -0.4 is 31.1 Å². The molecule has 0 spiro atoms. The molecule has 23 heteroatoms. The van der Waals surface area contributed by atoms with Gasteiger partial charge in [0, 0.05) is 51.6 Å². The standard InChI is InChI=1S/C85H168N4O17P2/c1-7-13-19-25-29-33-36-38-41-44-50-56-62-82(91)89-78(74-100-70-66-80(60-54-48-24-18-12-6)106-84(93)64-58-52-46-42-35-31-27-21-15-9-3)76-104-108(97,98)102-72-68-87-85(94)86-67-71-101-107(95,96)103-75-77(88-81(90)61-55-49-43-40-37-34-30-26-20-14-8-2)73-99-69-65-79(59-53-47-23-17-11-5)105-83(92)63-57-51-45-39-32-28-22-16-10-4/h77-80H,7-76H2,1-6H3,(H,88,90)(H,89,91)(H,95,96)(H,97,98)(H2,86,87,94)/p-2/t77?,78?,79-,80-/m1/s1. The number of unbranched alkanes of at least 4 members (excludes halogenated alkanes) is 46. The van der Waals surface area contributed by atoms with E-state index in [1.54, 1.807) is 0 Å². The van der Waals surface area contributed by atoms with E-state index >= 15 is 0 Å². The van der Waals surface area contributed by atoms with Gasteiger partial charge in [-0.2, -0.15) is 0 Å². The van der Waals surface area contributed by atoms with Crippen LogP contribution in [0.1, 0.15) is 427 Å². The van der Waals surface area contributed by atoms with E-state index in [9.17, 15) is 42.9 Å². The number of carbonyl (C=O) groups is 5. The van der Waals surface area contributed by atoms with E-state index in [4.69, 9.17) is 37.0 Å². The Morgan fingerprint density at radius 2 is 0.528 bits per heavy atom. The molecule has 4 N–H and O–H groups in total. The Morgan fingerprint density at radius 1 is 0.287 bits per heavy atom. The molecule has 0 fully saturated rings. The lowest BCUT2D eigenvalue weighted by Gasteiger charge is -2.26. The molecular weight excluding hydrogens is 1410 g/mol. The minimum atomic E-state index is -4.96. The van der Waals surface area contributed by atoms with Gasteiger partial charge in [0.1, 0.15) is 12.2 Å². The minimum Gasteiger partial charge on any atom is -0.756 e. The summed E-state index contributed by atoms with van der Waals surface area (Å²) in [4.78, 5) is 91.6. The van der Waals surface area contributed by atoms with E-state index in [0.717, 1.165) is 141 Å². The molecule has 0 aliphatic heterocycles. The maximum Gasteiger partial charge on any atom is 0.314 e. The van der Waals surface area contributed by atoms with Gasteiger partial charge in [-0.05, 0) is 51.4 Å². The molecule has 0 saturated carbocycles. The van der Waals surface area contributed by atoms with E-state index in [-0.39, 0.29) is 88.3 Å². The lowest BCUT2D eigenvalue weighted by atomic mass is 10.0. The number of rotatable bonds is 86. The van der Waals surface area contributed by atoms with Gasteiger partial charge >= 0.3 is 18.0 Å². The van der Waals surface area contributed by atoms with Gasteiger partial charge in [-0.25, -0.2) is 4.79 Å². The SMILES string of the molecule is CCCCCCCCCCCCCCC(=O)NC(COCC[C@@H](CCCCCCC)OC(=O)CCCCCCCCCCCC)COP(=O)([O-])OCCNC(=O)NCCOP(=O)([O-])OCC(COCC[C@@H](CCCCCCC)OC(=O)CCCCCCCCCCC)NC(=O)CCCCCCCCCCCCC.